The fraction of sp³-hybridized carbons (Fsp3) is 0.500. The van der Waals surface area contributed by atoms with Gasteiger partial charge in [0, 0.05) is 19.2 Å². The Morgan fingerprint density at radius 1 is 1.39 bits per heavy atom. The molecule has 1 fully saturated rings. The summed E-state index contributed by atoms with van der Waals surface area (Å²) in [6, 6.07) is 1.77. The van der Waals surface area contributed by atoms with Crippen molar-refractivity contribution >= 4 is 28.5 Å². The van der Waals surface area contributed by atoms with Gasteiger partial charge in [0.2, 0.25) is 5.28 Å². The van der Waals surface area contributed by atoms with E-state index in [1.165, 1.54) is 0 Å². The number of hydrogen-bond acceptors (Lipinski definition) is 5. The Morgan fingerprint density at radius 3 is 2.83 bits per heavy atom. The van der Waals surface area contributed by atoms with Gasteiger partial charge in [0.05, 0.1) is 11.9 Å². The second kappa shape index (κ2) is 4.10. The third-order valence-electron chi connectivity index (χ3n) is 3.40. The Bertz CT molecular complexity index is 572. The molecule has 96 valence electrons. The van der Waals surface area contributed by atoms with Gasteiger partial charge in [0.25, 0.3) is 0 Å². The quantitative estimate of drug-likeness (QED) is 0.803. The SMILES string of the molecule is CC1(O)CCN(c2nc(Cl)nc3ccoc23)CC1. The maximum absolute atomic E-state index is 9.96. The summed E-state index contributed by atoms with van der Waals surface area (Å²) in [5.41, 5.74) is 0.776. The van der Waals surface area contributed by atoms with Crippen LogP contribution in [0.2, 0.25) is 5.28 Å². The molecule has 0 amide bonds. The lowest BCUT2D eigenvalue weighted by Crippen LogP contribution is -2.42. The van der Waals surface area contributed by atoms with Crippen molar-refractivity contribution < 1.29 is 9.52 Å². The van der Waals surface area contributed by atoms with Gasteiger partial charge in [-0.05, 0) is 31.4 Å². The molecule has 2 aromatic rings. The number of halogens is 1. The minimum Gasteiger partial charge on any atom is -0.459 e. The van der Waals surface area contributed by atoms with Crippen molar-refractivity contribution in [2.45, 2.75) is 25.4 Å². The second-order valence-corrected chi connectivity index (χ2v) is 5.27. The van der Waals surface area contributed by atoms with Crippen LogP contribution in [0.25, 0.3) is 11.1 Å². The average Bonchev–Trinajstić information content (AvgIpc) is 2.76. The van der Waals surface area contributed by atoms with Crippen molar-refractivity contribution in [1.29, 1.82) is 0 Å². The molecule has 0 aromatic carbocycles. The van der Waals surface area contributed by atoms with Crippen molar-refractivity contribution in [1.82, 2.24) is 9.97 Å². The number of aromatic nitrogens is 2. The molecular weight excluding hydrogens is 254 g/mol. The van der Waals surface area contributed by atoms with Crippen molar-refractivity contribution in [3.63, 3.8) is 0 Å². The first-order chi connectivity index (χ1) is 8.55. The molecule has 1 N–H and O–H groups in total. The molecule has 0 bridgehead atoms. The molecule has 2 aromatic heterocycles. The first-order valence-electron chi connectivity index (χ1n) is 5.93. The van der Waals surface area contributed by atoms with E-state index in [1.54, 1.807) is 12.3 Å². The Morgan fingerprint density at radius 2 is 2.11 bits per heavy atom. The lowest BCUT2D eigenvalue weighted by atomic mass is 9.94. The third-order valence-corrected chi connectivity index (χ3v) is 3.57. The van der Waals surface area contributed by atoms with Crippen LogP contribution < -0.4 is 4.90 Å². The number of anilines is 1. The van der Waals surface area contributed by atoms with E-state index in [9.17, 15) is 5.11 Å². The zero-order valence-electron chi connectivity index (χ0n) is 10.1. The number of fused-ring (bicyclic) bond motifs is 1. The highest BCUT2D eigenvalue weighted by Gasteiger charge is 2.29. The van der Waals surface area contributed by atoms with Gasteiger partial charge in [-0.2, -0.15) is 4.98 Å². The van der Waals surface area contributed by atoms with Crippen molar-refractivity contribution in [3.8, 4) is 0 Å². The van der Waals surface area contributed by atoms with Gasteiger partial charge < -0.3 is 14.4 Å². The molecule has 0 radical (unpaired) electrons. The Kier molecular flexibility index (Phi) is 2.68. The summed E-state index contributed by atoms with van der Waals surface area (Å²) in [6.45, 7) is 3.33. The largest absolute Gasteiger partial charge is 0.459 e. The average molecular weight is 268 g/mol. The van der Waals surface area contributed by atoms with Crippen molar-refractivity contribution in [2.24, 2.45) is 0 Å². The van der Waals surface area contributed by atoms with Gasteiger partial charge >= 0.3 is 0 Å². The second-order valence-electron chi connectivity index (χ2n) is 4.94. The molecule has 0 atom stereocenters. The predicted octanol–water partition coefficient (Wildman–Crippen LogP) is 2.23. The number of aliphatic hydroxyl groups is 1. The van der Waals surface area contributed by atoms with Crippen LogP contribution in [-0.2, 0) is 0 Å². The molecule has 1 saturated heterocycles. The van der Waals surface area contributed by atoms with E-state index in [-0.39, 0.29) is 5.28 Å². The van der Waals surface area contributed by atoms with Gasteiger partial charge in [0.1, 0.15) is 5.52 Å². The van der Waals surface area contributed by atoms with Crippen molar-refractivity contribution in [3.05, 3.63) is 17.6 Å². The maximum atomic E-state index is 9.96. The molecule has 5 nitrogen and oxygen atoms in total. The smallest absolute Gasteiger partial charge is 0.225 e. The highest BCUT2D eigenvalue weighted by Crippen LogP contribution is 2.30. The van der Waals surface area contributed by atoms with Gasteiger partial charge in [0.15, 0.2) is 11.4 Å². The zero-order valence-corrected chi connectivity index (χ0v) is 10.8. The van der Waals surface area contributed by atoms with Crippen LogP contribution in [0.15, 0.2) is 16.7 Å². The van der Waals surface area contributed by atoms with Crippen LogP contribution in [0.5, 0.6) is 0 Å². The highest BCUT2D eigenvalue weighted by atomic mass is 35.5. The summed E-state index contributed by atoms with van der Waals surface area (Å²) in [4.78, 5) is 10.4. The molecule has 0 spiro atoms. The topological polar surface area (TPSA) is 62.4 Å². The Balaban J connectivity index is 1.97. The van der Waals surface area contributed by atoms with Crippen LogP contribution in [0.1, 0.15) is 19.8 Å². The lowest BCUT2D eigenvalue weighted by molar-refractivity contribution is 0.0350. The van der Waals surface area contributed by atoms with Crippen LogP contribution >= 0.6 is 11.6 Å². The number of nitrogens with zero attached hydrogens (tertiary/aromatic N) is 3. The van der Waals surface area contributed by atoms with E-state index in [1.807, 2.05) is 6.92 Å². The lowest BCUT2D eigenvalue weighted by Gasteiger charge is -2.36. The fourth-order valence-corrected chi connectivity index (χ4v) is 2.41. The van der Waals surface area contributed by atoms with Crippen LogP contribution in [0, 0.1) is 0 Å². The minimum atomic E-state index is -0.588. The number of hydrogen-bond donors (Lipinski definition) is 1. The first-order valence-corrected chi connectivity index (χ1v) is 6.31. The predicted molar refractivity (Wildman–Crippen MR) is 68.9 cm³/mol. The first kappa shape index (κ1) is 11.7. The molecule has 3 rings (SSSR count). The molecule has 1 aliphatic rings. The zero-order chi connectivity index (χ0) is 12.8. The summed E-state index contributed by atoms with van der Waals surface area (Å²) in [7, 11) is 0. The summed E-state index contributed by atoms with van der Waals surface area (Å²) >= 11 is 5.92. The number of furan rings is 1. The molecule has 1 aliphatic heterocycles. The fourth-order valence-electron chi connectivity index (χ4n) is 2.23. The molecule has 0 aliphatic carbocycles. The minimum absolute atomic E-state index is 0.219. The van der Waals surface area contributed by atoms with E-state index in [0.29, 0.717) is 29.8 Å². The Hall–Kier alpha value is -1.33. The summed E-state index contributed by atoms with van der Waals surface area (Å²) in [5, 5.41) is 10.2. The van der Waals surface area contributed by atoms with Crippen LogP contribution in [0.3, 0.4) is 0 Å². The Labute approximate surface area is 109 Å². The third kappa shape index (κ3) is 2.04. The monoisotopic (exact) mass is 267 g/mol. The van der Waals surface area contributed by atoms with Gasteiger partial charge in [-0.1, -0.05) is 0 Å². The summed E-state index contributed by atoms with van der Waals surface area (Å²) in [6.07, 6.45) is 2.99. The van der Waals surface area contributed by atoms with E-state index >= 15 is 0 Å². The van der Waals surface area contributed by atoms with Gasteiger partial charge in [-0.25, -0.2) is 4.98 Å². The molecule has 0 unspecified atom stereocenters. The van der Waals surface area contributed by atoms with Crippen LogP contribution in [-0.4, -0.2) is 33.8 Å². The number of rotatable bonds is 1. The normalized spacial score (nSPS) is 19.4. The number of piperidine rings is 1. The maximum Gasteiger partial charge on any atom is 0.225 e. The van der Waals surface area contributed by atoms with Crippen LogP contribution in [0.4, 0.5) is 5.82 Å². The molecule has 6 heteroatoms. The molecular formula is C12H14ClN3O2. The molecule has 0 saturated carbocycles. The van der Waals surface area contributed by atoms with Gasteiger partial charge in [-0.15, -0.1) is 0 Å². The molecule has 18 heavy (non-hydrogen) atoms. The molecule has 3 heterocycles. The van der Waals surface area contributed by atoms with E-state index in [4.69, 9.17) is 16.0 Å². The summed E-state index contributed by atoms with van der Waals surface area (Å²) in [5.74, 6) is 0.713. The highest BCUT2D eigenvalue weighted by molar-refractivity contribution is 6.28. The van der Waals surface area contributed by atoms with E-state index in [2.05, 4.69) is 14.9 Å². The van der Waals surface area contributed by atoms with E-state index in [0.717, 1.165) is 13.1 Å². The standard InChI is InChI=1S/C12H14ClN3O2/c1-12(17)3-5-16(6-4-12)10-9-8(2-7-18-9)14-11(13)15-10/h2,7,17H,3-6H2,1H3. The van der Waals surface area contributed by atoms with E-state index < -0.39 is 5.60 Å². The van der Waals surface area contributed by atoms with Crippen molar-refractivity contribution in [2.75, 3.05) is 18.0 Å². The van der Waals surface area contributed by atoms with Gasteiger partial charge in [-0.3, -0.25) is 0 Å². The summed E-state index contributed by atoms with van der Waals surface area (Å²) < 4.78 is 5.42.